The van der Waals surface area contributed by atoms with E-state index in [4.69, 9.17) is 10.6 Å². The minimum atomic E-state index is -1.29. The van der Waals surface area contributed by atoms with Crippen LogP contribution in [0.3, 0.4) is 0 Å². The number of aliphatic carboxylic acids is 1. The van der Waals surface area contributed by atoms with Crippen LogP contribution >= 0.6 is 34.9 Å². The number of aromatic hydroxyl groups is 1. The summed E-state index contributed by atoms with van der Waals surface area (Å²) < 4.78 is 1.44. The van der Waals surface area contributed by atoms with Crippen LogP contribution in [-0.2, 0) is 26.3 Å². The zero-order valence-electron chi connectivity index (χ0n) is 18.7. The van der Waals surface area contributed by atoms with Gasteiger partial charge in [-0.1, -0.05) is 16.9 Å². The fourth-order valence-electron chi connectivity index (χ4n) is 3.50. The van der Waals surface area contributed by atoms with E-state index in [1.54, 1.807) is 7.05 Å². The first-order valence-corrected chi connectivity index (χ1v) is 13.0. The van der Waals surface area contributed by atoms with E-state index in [1.807, 2.05) is 0 Å². The Hall–Kier alpha value is -3.57. The molecule has 4 rings (SSSR count). The largest absolute Gasteiger partial charge is 0.502 e. The zero-order chi connectivity index (χ0) is 26.1. The van der Waals surface area contributed by atoms with Crippen molar-refractivity contribution in [2.45, 2.75) is 16.6 Å². The number of thiazole rings is 1. The molecule has 0 saturated carbocycles. The summed E-state index contributed by atoms with van der Waals surface area (Å²) in [6, 6.07) is -0.983. The molecule has 190 valence electrons. The molecule has 0 radical (unpaired) electrons. The summed E-state index contributed by atoms with van der Waals surface area (Å²) in [5, 5.41) is 27.0. The first-order valence-electron chi connectivity index (χ1n) is 10.0. The van der Waals surface area contributed by atoms with Crippen LogP contribution in [0.4, 0.5) is 5.13 Å². The summed E-state index contributed by atoms with van der Waals surface area (Å²) in [6.45, 7) is 0. The van der Waals surface area contributed by atoms with E-state index >= 15 is 0 Å². The molecule has 2 aromatic heterocycles. The number of aryl methyl sites for hydroxylation is 1. The SMILES string of the molecule is CO/N=C(\C(=O)NC1C(=O)N2C(C(=O)O)=C(CSc3nc(=O)c(O)cn3C)CS[C@H]12)c1csc(N)n1. The number of hydrogen-bond acceptors (Lipinski definition) is 13. The van der Waals surface area contributed by atoms with Crippen LogP contribution in [0.15, 0.2) is 38.0 Å². The number of carbonyl (C=O) groups excluding carboxylic acids is 2. The number of β-lactam (4-membered cyclic amide) rings is 1. The van der Waals surface area contributed by atoms with Gasteiger partial charge in [0.2, 0.25) is 0 Å². The third-order valence-electron chi connectivity index (χ3n) is 5.11. The predicted octanol–water partition coefficient (Wildman–Crippen LogP) is -0.594. The van der Waals surface area contributed by atoms with Gasteiger partial charge >= 0.3 is 11.5 Å². The lowest BCUT2D eigenvalue weighted by molar-refractivity contribution is -0.150. The van der Waals surface area contributed by atoms with Gasteiger partial charge in [0.05, 0.1) is 6.20 Å². The van der Waals surface area contributed by atoms with Crippen LogP contribution in [0, 0.1) is 0 Å². The van der Waals surface area contributed by atoms with Crippen molar-refractivity contribution < 1.29 is 29.4 Å². The molecule has 2 atom stereocenters. The number of fused-ring (bicyclic) bond motifs is 1. The highest BCUT2D eigenvalue weighted by molar-refractivity contribution is 8.01. The quantitative estimate of drug-likeness (QED) is 0.106. The van der Waals surface area contributed by atoms with Crippen LogP contribution in [0.2, 0.25) is 0 Å². The number of hydrogen-bond donors (Lipinski definition) is 4. The Balaban J connectivity index is 1.51. The summed E-state index contributed by atoms with van der Waals surface area (Å²) in [7, 11) is 2.84. The molecule has 2 aliphatic heterocycles. The first kappa shape index (κ1) is 25.5. The first-order chi connectivity index (χ1) is 17.1. The molecular formula is C19H19N7O7S3. The van der Waals surface area contributed by atoms with Crippen LogP contribution in [0.25, 0.3) is 0 Å². The molecule has 0 bridgehead atoms. The molecule has 1 unspecified atom stereocenters. The molecule has 2 aliphatic rings. The van der Waals surface area contributed by atoms with Gasteiger partial charge in [0.25, 0.3) is 11.8 Å². The number of carbonyl (C=O) groups is 3. The Morgan fingerprint density at radius 1 is 1.39 bits per heavy atom. The van der Waals surface area contributed by atoms with Gasteiger partial charge in [0, 0.05) is 23.9 Å². The molecule has 17 heteroatoms. The second-order valence-corrected chi connectivity index (χ2v) is 10.4. The number of carboxylic acid groups (broad SMARTS) is 1. The highest BCUT2D eigenvalue weighted by Crippen LogP contribution is 2.41. The number of nitrogens with two attached hydrogens (primary N) is 1. The maximum Gasteiger partial charge on any atom is 0.352 e. The van der Waals surface area contributed by atoms with Gasteiger partial charge < -0.3 is 30.7 Å². The van der Waals surface area contributed by atoms with E-state index < -0.39 is 40.5 Å². The highest BCUT2D eigenvalue weighted by Gasteiger charge is 2.54. The van der Waals surface area contributed by atoms with E-state index in [9.17, 15) is 29.4 Å². The number of nitrogens with zero attached hydrogens (tertiary/aromatic N) is 5. The number of oxime groups is 1. The van der Waals surface area contributed by atoms with Crippen molar-refractivity contribution in [2.24, 2.45) is 12.2 Å². The Morgan fingerprint density at radius 2 is 2.14 bits per heavy atom. The van der Waals surface area contributed by atoms with E-state index in [0.717, 1.165) is 28.0 Å². The van der Waals surface area contributed by atoms with Crippen LogP contribution < -0.4 is 16.6 Å². The Bertz CT molecular complexity index is 1370. The van der Waals surface area contributed by atoms with Crippen molar-refractivity contribution in [1.82, 2.24) is 24.8 Å². The summed E-state index contributed by atoms with van der Waals surface area (Å²) in [6.07, 6.45) is 1.21. The Kier molecular flexibility index (Phi) is 7.23. The fraction of sp³-hybridized carbons (Fsp3) is 0.316. The molecular weight excluding hydrogens is 534 g/mol. The number of nitrogens with one attached hydrogen (secondary N) is 1. The van der Waals surface area contributed by atoms with Crippen LogP contribution in [-0.4, -0.2) is 83.2 Å². The lowest BCUT2D eigenvalue weighted by Crippen LogP contribution is -2.71. The lowest BCUT2D eigenvalue weighted by atomic mass is 10.0. The minimum absolute atomic E-state index is 0.142. The number of nitrogen functional groups attached to an aromatic ring is 1. The Morgan fingerprint density at radius 3 is 2.78 bits per heavy atom. The van der Waals surface area contributed by atoms with Crippen molar-refractivity contribution in [3.63, 3.8) is 0 Å². The van der Waals surface area contributed by atoms with E-state index in [-0.39, 0.29) is 38.9 Å². The third-order valence-corrected chi connectivity index (χ3v) is 8.25. The van der Waals surface area contributed by atoms with Crippen molar-refractivity contribution >= 4 is 63.5 Å². The fourth-order valence-corrected chi connectivity index (χ4v) is 6.47. The molecule has 1 saturated heterocycles. The lowest BCUT2D eigenvalue weighted by Gasteiger charge is -2.49. The van der Waals surface area contributed by atoms with Gasteiger partial charge in [-0.25, -0.2) is 9.78 Å². The maximum atomic E-state index is 12.9. The summed E-state index contributed by atoms with van der Waals surface area (Å²) >= 11 is 3.49. The molecule has 0 aliphatic carbocycles. The normalized spacial score (nSPS) is 19.6. The number of anilines is 1. The van der Waals surface area contributed by atoms with Crippen LogP contribution in [0.5, 0.6) is 5.75 Å². The number of carboxylic acids is 1. The van der Waals surface area contributed by atoms with Crippen molar-refractivity contribution in [3.8, 4) is 5.75 Å². The number of aromatic nitrogens is 3. The maximum absolute atomic E-state index is 12.9. The average molecular weight is 554 g/mol. The van der Waals surface area contributed by atoms with E-state index in [1.165, 1.54) is 35.0 Å². The second kappa shape index (κ2) is 10.2. The molecule has 36 heavy (non-hydrogen) atoms. The number of thioether (sulfide) groups is 2. The van der Waals surface area contributed by atoms with E-state index in [2.05, 4.69) is 20.4 Å². The second-order valence-electron chi connectivity index (χ2n) is 7.43. The van der Waals surface area contributed by atoms with Crippen molar-refractivity contribution in [1.29, 1.82) is 0 Å². The van der Waals surface area contributed by atoms with E-state index in [0.29, 0.717) is 5.57 Å². The summed E-state index contributed by atoms with van der Waals surface area (Å²) in [5.41, 5.74) is 5.11. The Labute approximate surface area is 215 Å². The molecule has 4 heterocycles. The average Bonchev–Trinajstić information content (AvgIpc) is 3.27. The number of rotatable bonds is 8. The molecule has 1 fully saturated rings. The van der Waals surface area contributed by atoms with Gasteiger partial charge in [-0.15, -0.1) is 23.1 Å². The molecule has 2 aromatic rings. The monoisotopic (exact) mass is 553 g/mol. The van der Waals surface area contributed by atoms with Gasteiger partial charge in [-0.05, 0) is 5.57 Å². The predicted molar refractivity (Wildman–Crippen MR) is 132 cm³/mol. The summed E-state index contributed by atoms with van der Waals surface area (Å²) in [5.74, 6) is -2.69. The van der Waals surface area contributed by atoms with Crippen LogP contribution in [0.1, 0.15) is 5.69 Å². The minimum Gasteiger partial charge on any atom is -0.502 e. The topological polar surface area (TPSA) is 202 Å². The highest BCUT2D eigenvalue weighted by atomic mass is 32.2. The molecule has 5 N–H and O–H groups in total. The molecule has 0 spiro atoms. The van der Waals surface area contributed by atoms with Gasteiger partial charge in [-0.3, -0.25) is 19.3 Å². The third kappa shape index (κ3) is 4.76. The molecule has 14 nitrogen and oxygen atoms in total. The standard InChI is InChI=1S/C19H19N7O7S3/c1-25-3-9(27)13(28)23-19(25)36-5-7-4-34-16-11(15(30)26(16)12(7)17(31)32)22-14(29)10(24-33-2)8-6-35-18(20)21-8/h3,6,11,16,27H,4-5H2,1-2H3,(H2,20,21)(H,22,29)(H,31,32)/b24-10-/t11?,16-/m1/s1. The number of amides is 2. The van der Waals surface area contributed by atoms with Gasteiger partial charge in [0.1, 0.15) is 29.9 Å². The smallest absolute Gasteiger partial charge is 0.352 e. The van der Waals surface area contributed by atoms with Crippen molar-refractivity contribution in [2.75, 3.05) is 24.3 Å². The molecule has 2 amide bonds. The molecule has 0 aromatic carbocycles. The zero-order valence-corrected chi connectivity index (χ0v) is 21.1. The van der Waals surface area contributed by atoms with Crippen molar-refractivity contribution in [3.05, 3.63) is 38.9 Å². The summed E-state index contributed by atoms with van der Waals surface area (Å²) in [4.78, 5) is 63.1. The van der Waals surface area contributed by atoms with Gasteiger partial charge in [-0.2, -0.15) is 4.98 Å². The van der Waals surface area contributed by atoms with Gasteiger partial charge in [0.15, 0.2) is 21.7 Å².